The average molecular weight is 228 g/mol. The first-order valence-corrected chi connectivity index (χ1v) is 7.50. The number of hydrogen-bond donors (Lipinski definition) is 1. The molecule has 2 fully saturated rings. The van der Waals surface area contributed by atoms with Gasteiger partial charge in [-0.15, -0.1) is 0 Å². The van der Waals surface area contributed by atoms with Crippen LogP contribution < -0.4 is 5.32 Å². The third-order valence-electron chi connectivity index (χ3n) is 3.45. The van der Waals surface area contributed by atoms with Crippen molar-refractivity contribution in [2.45, 2.75) is 44.0 Å². The molecule has 1 heterocycles. The minimum absolute atomic E-state index is 0.787. The van der Waals surface area contributed by atoms with E-state index in [-0.39, 0.29) is 0 Å². The molecule has 3 heteroatoms. The Kier molecular flexibility index (Phi) is 3.97. The van der Waals surface area contributed by atoms with Crippen molar-refractivity contribution in [3.05, 3.63) is 0 Å². The minimum atomic E-state index is 0.787. The number of nitrogens with one attached hydrogen (secondary N) is 1. The summed E-state index contributed by atoms with van der Waals surface area (Å²) in [5.41, 5.74) is 0. The quantitative estimate of drug-likeness (QED) is 0.772. The predicted octanol–water partition coefficient (Wildman–Crippen LogP) is 1.81. The van der Waals surface area contributed by atoms with Gasteiger partial charge < -0.3 is 5.32 Å². The summed E-state index contributed by atoms with van der Waals surface area (Å²) >= 11 is 2.04. The van der Waals surface area contributed by atoms with Crippen LogP contribution in [0.5, 0.6) is 0 Å². The molecule has 1 saturated carbocycles. The lowest BCUT2D eigenvalue weighted by Crippen LogP contribution is -2.45. The van der Waals surface area contributed by atoms with Gasteiger partial charge in [0, 0.05) is 37.0 Å². The summed E-state index contributed by atoms with van der Waals surface area (Å²) in [6.45, 7) is 8.37. The van der Waals surface area contributed by atoms with Crippen LogP contribution in [0, 0.1) is 5.92 Å². The van der Waals surface area contributed by atoms with Gasteiger partial charge in [0.25, 0.3) is 0 Å². The van der Waals surface area contributed by atoms with E-state index in [0.717, 1.165) is 23.3 Å². The zero-order valence-electron chi connectivity index (χ0n) is 10.2. The summed E-state index contributed by atoms with van der Waals surface area (Å²) in [7, 11) is 0. The lowest BCUT2D eigenvalue weighted by Gasteiger charge is -2.33. The Morgan fingerprint density at radius 2 is 2.07 bits per heavy atom. The summed E-state index contributed by atoms with van der Waals surface area (Å²) < 4.78 is 0. The van der Waals surface area contributed by atoms with Crippen molar-refractivity contribution in [1.29, 1.82) is 0 Å². The molecular weight excluding hydrogens is 204 g/mol. The molecule has 1 aliphatic heterocycles. The first-order valence-electron chi connectivity index (χ1n) is 6.21. The van der Waals surface area contributed by atoms with Crippen LogP contribution in [0.4, 0.5) is 0 Å². The molecule has 2 nitrogen and oxygen atoms in total. The van der Waals surface area contributed by atoms with Crippen LogP contribution in [0.3, 0.4) is 0 Å². The molecule has 0 bridgehead atoms. The molecule has 1 saturated heterocycles. The maximum atomic E-state index is 3.55. The highest BCUT2D eigenvalue weighted by atomic mass is 32.2. The summed E-state index contributed by atoms with van der Waals surface area (Å²) in [5, 5.41) is 4.36. The van der Waals surface area contributed by atoms with Gasteiger partial charge in [-0.25, -0.2) is 0 Å². The molecule has 0 aromatic rings. The normalized spacial score (nSPS) is 31.8. The fourth-order valence-corrected chi connectivity index (χ4v) is 3.45. The van der Waals surface area contributed by atoms with Crippen LogP contribution >= 0.6 is 11.8 Å². The molecule has 88 valence electrons. The zero-order chi connectivity index (χ0) is 10.8. The fraction of sp³-hybridized carbons (Fsp3) is 1.00. The van der Waals surface area contributed by atoms with Gasteiger partial charge in [0.15, 0.2) is 0 Å². The highest BCUT2D eigenvalue weighted by Crippen LogP contribution is 2.33. The molecule has 1 aliphatic carbocycles. The maximum absolute atomic E-state index is 3.55. The topological polar surface area (TPSA) is 15.3 Å². The predicted molar refractivity (Wildman–Crippen MR) is 68.5 cm³/mol. The number of thioether (sulfide) groups is 1. The van der Waals surface area contributed by atoms with Gasteiger partial charge in [-0.2, -0.15) is 11.8 Å². The molecule has 2 unspecified atom stereocenters. The smallest absolute Gasteiger partial charge is 0.0354 e. The Balaban J connectivity index is 1.96. The molecular formula is C12H24N2S. The molecule has 0 spiro atoms. The van der Waals surface area contributed by atoms with Gasteiger partial charge in [0.1, 0.15) is 0 Å². The third kappa shape index (κ3) is 2.89. The second-order valence-corrected chi connectivity index (χ2v) is 6.40. The van der Waals surface area contributed by atoms with Gasteiger partial charge in [-0.1, -0.05) is 13.8 Å². The van der Waals surface area contributed by atoms with E-state index in [1.165, 1.54) is 32.5 Å². The monoisotopic (exact) mass is 228 g/mol. The standard InChI is InChI=1S/C12H24N2S/c1-9(2)8-14(10-4-5-10)11-6-13-7-12(11)15-3/h9-13H,4-8H2,1-3H3. The highest BCUT2D eigenvalue weighted by molar-refractivity contribution is 7.99. The lowest BCUT2D eigenvalue weighted by atomic mass is 10.1. The van der Waals surface area contributed by atoms with E-state index in [4.69, 9.17) is 0 Å². The van der Waals surface area contributed by atoms with Crippen molar-refractivity contribution in [2.24, 2.45) is 5.92 Å². The Hall–Kier alpha value is 0.270. The van der Waals surface area contributed by atoms with Gasteiger partial charge in [0.05, 0.1) is 0 Å². The molecule has 0 radical (unpaired) electrons. The van der Waals surface area contributed by atoms with Crippen LogP contribution in [0.25, 0.3) is 0 Å². The molecule has 2 atom stereocenters. The molecule has 0 aromatic carbocycles. The summed E-state index contributed by atoms with van der Waals surface area (Å²) in [6, 6.07) is 1.70. The maximum Gasteiger partial charge on any atom is 0.0354 e. The first kappa shape index (κ1) is 11.7. The number of rotatable bonds is 5. The van der Waals surface area contributed by atoms with E-state index in [2.05, 4.69) is 30.3 Å². The number of nitrogens with zero attached hydrogens (tertiary/aromatic N) is 1. The molecule has 1 N–H and O–H groups in total. The second-order valence-electron chi connectivity index (χ2n) is 5.32. The summed E-state index contributed by atoms with van der Waals surface area (Å²) in [6.07, 6.45) is 5.12. The van der Waals surface area contributed by atoms with Crippen LogP contribution in [-0.4, -0.2) is 48.1 Å². The summed E-state index contributed by atoms with van der Waals surface area (Å²) in [4.78, 5) is 2.78. The van der Waals surface area contributed by atoms with Crippen molar-refractivity contribution < 1.29 is 0 Å². The summed E-state index contributed by atoms with van der Waals surface area (Å²) in [5.74, 6) is 0.800. The first-order chi connectivity index (χ1) is 7.22. The van der Waals surface area contributed by atoms with E-state index < -0.39 is 0 Å². The number of hydrogen-bond acceptors (Lipinski definition) is 3. The molecule has 2 rings (SSSR count). The Morgan fingerprint density at radius 3 is 2.60 bits per heavy atom. The van der Waals surface area contributed by atoms with Gasteiger partial charge in [0.2, 0.25) is 0 Å². The van der Waals surface area contributed by atoms with Gasteiger partial charge in [-0.05, 0) is 25.0 Å². The van der Waals surface area contributed by atoms with Gasteiger partial charge in [-0.3, -0.25) is 4.90 Å². The van der Waals surface area contributed by atoms with Crippen molar-refractivity contribution >= 4 is 11.8 Å². The van der Waals surface area contributed by atoms with Gasteiger partial charge >= 0.3 is 0 Å². The second kappa shape index (κ2) is 5.07. The molecule has 0 amide bonds. The van der Waals surface area contributed by atoms with E-state index in [9.17, 15) is 0 Å². The van der Waals surface area contributed by atoms with E-state index >= 15 is 0 Å². The Morgan fingerprint density at radius 1 is 1.33 bits per heavy atom. The minimum Gasteiger partial charge on any atom is -0.314 e. The van der Waals surface area contributed by atoms with Crippen molar-refractivity contribution in [1.82, 2.24) is 10.2 Å². The van der Waals surface area contributed by atoms with Crippen molar-refractivity contribution in [2.75, 3.05) is 25.9 Å². The van der Waals surface area contributed by atoms with Crippen LogP contribution in [-0.2, 0) is 0 Å². The average Bonchev–Trinajstić information content (AvgIpc) is 2.92. The van der Waals surface area contributed by atoms with Crippen molar-refractivity contribution in [3.8, 4) is 0 Å². The van der Waals surface area contributed by atoms with E-state index in [1.54, 1.807) is 0 Å². The van der Waals surface area contributed by atoms with Crippen LogP contribution in [0.15, 0.2) is 0 Å². The fourth-order valence-electron chi connectivity index (χ4n) is 2.60. The third-order valence-corrected chi connectivity index (χ3v) is 4.54. The van der Waals surface area contributed by atoms with E-state index in [0.29, 0.717) is 0 Å². The SMILES string of the molecule is CSC1CNCC1N(CC(C)C)C1CC1. The largest absolute Gasteiger partial charge is 0.314 e. The Bertz CT molecular complexity index is 204. The van der Waals surface area contributed by atoms with Crippen LogP contribution in [0.2, 0.25) is 0 Å². The molecule has 15 heavy (non-hydrogen) atoms. The highest BCUT2D eigenvalue weighted by Gasteiger charge is 2.39. The molecule has 2 aliphatic rings. The lowest BCUT2D eigenvalue weighted by molar-refractivity contribution is 0.179. The van der Waals surface area contributed by atoms with E-state index in [1.807, 2.05) is 11.8 Å². The Labute approximate surface area is 98.2 Å². The molecule has 0 aromatic heterocycles. The van der Waals surface area contributed by atoms with Crippen LogP contribution in [0.1, 0.15) is 26.7 Å². The van der Waals surface area contributed by atoms with Crippen molar-refractivity contribution in [3.63, 3.8) is 0 Å². The zero-order valence-corrected chi connectivity index (χ0v) is 11.0.